The van der Waals surface area contributed by atoms with Crippen LogP contribution in [0.5, 0.6) is 0 Å². The summed E-state index contributed by atoms with van der Waals surface area (Å²) in [4.78, 5) is 27.0. The first kappa shape index (κ1) is 17.7. The fraction of sp³-hybridized carbons (Fsp3) is 0.238. The molecule has 0 unspecified atom stereocenters. The molecule has 0 atom stereocenters. The van der Waals surface area contributed by atoms with Crippen LogP contribution >= 0.6 is 0 Å². The second-order valence-corrected chi connectivity index (χ2v) is 6.64. The van der Waals surface area contributed by atoms with Crippen LogP contribution in [0.3, 0.4) is 0 Å². The van der Waals surface area contributed by atoms with Gasteiger partial charge in [-0.3, -0.25) is 4.79 Å². The van der Waals surface area contributed by atoms with Crippen LogP contribution in [-0.4, -0.2) is 21.5 Å². The molecule has 1 N–H and O–H groups in total. The zero-order chi connectivity index (χ0) is 18.7. The average Bonchev–Trinajstić information content (AvgIpc) is 2.64. The normalized spacial score (nSPS) is 10.9. The lowest BCUT2D eigenvalue weighted by molar-refractivity contribution is 0.193. The highest BCUT2D eigenvalue weighted by molar-refractivity contribution is 6.01. The Labute approximate surface area is 152 Å². The Bertz CT molecular complexity index is 977. The maximum Gasteiger partial charge on any atom is 0.322 e. The smallest absolute Gasteiger partial charge is 0.318 e. The minimum atomic E-state index is -0.187. The molecule has 0 saturated heterocycles. The Kier molecular flexibility index (Phi) is 5.07. The highest BCUT2D eigenvalue weighted by Crippen LogP contribution is 2.21. The van der Waals surface area contributed by atoms with E-state index >= 15 is 0 Å². The van der Waals surface area contributed by atoms with Crippen LogP contribution in [0.15, 0.2) is 65.6 Å². The first-order chi connectivity index (χ1) is 12.5. The lowest BCUT2D eigenvalue weighted by Crippen LogP contribution is -2.39. The second kappa shape index (κ2) is 7.44. The summed E-state index contributed by atoms with van der Waals surface area (Å²) in [5, 5.41) is 4.31. The first-order valence-corrected chi connectivity index (χ1v) is 8.67. The molecule has 134 valence electrons. The fourth-order valence-electron chi connectivity index (χ4n) is 2.97. The number of aromatic nitrogens is 1. The van der Waals surface area contributed by atoms with Gasteiger partial charge in [-0.15, -0.1) is 0 Å². The van der Waals surface area contributed by atoms with Gasteiger partial charge in [0.2, 0.25) is 0 Å². The molecule has 1 heterocycles. The lowest BCUT2D eigenvalue weighted by Gasteiger charge is -2.27. The van der Waals surface area contributed by atoms with E-state index in [4.69, 9.17) is 0 Å². The van der Waals surface area contributed by atoms with Crippen LogP contribution in [0.4, 0.5) is 10.5 Å². The molecule has 26 heavy (non-hydrogen) atoms. The van der Waals surface area contributed by atoms with Crippen molar-refractivity contribution < 1.29 is 4.79 Å². The summed E-state index contributed by atoms with van der Waals surface area (Å²) in [7, 11) is 1.69. The van der Waals surface area contributed by atoms with Gasteiger partial charge in [-0.25, -0.2) is 4.79 Å². The SMILES string of the molecule is CC(C)N(Cc1ccccc1)C(=O)Nc1cn(C)c(=O)c2ccccc12. The van der Waals surface area contributed by atoms with Crippen LogP contribution < -0.4 is 10.9 Å². The molecule has 0 fully saturated rings. The van der Waals surface area contributed by atoms with Crippen LogP contribution in [0.25, 0.3) is 10.8 Å². The quantitative estimate of drug-likeness (QED) is 0.774. The lowest BCUT2D eigenvalue weighted by atomic mass is 10.1. The third-order valence-corrected chi connectivity index (χ3v) is 4.41. The molecule has 0 bridgehead atoms. The van der Waals surface area contributed by atoms with Gasteiger partial charge in [0.15, 0.2) is 0 Å². The number of nitrogens with zero attached hydrogens (tertiary/aromatic N) is 2. The monoisotopic (exact) mass is 349 g/mol. The van der Waals surface area contributed by atoms with Crippen molar-refractivity contribution in [1.82, 2.24) is 9.47 Å². The number of hydrogen-bond acceptors (Lipinski definition) is 2. The van der Waals surface area contributed by atoms with Crippen molar-refractivity contribution in [2.24, 2.45) is 7.05 Å². The molecule has 5 heteroatoms. The van der Waals surface area contributed by atoms with Crippen LogP contribution in [-0.2, 0) is 13.6 Å². The van der Waals surface area contributed by atoms with Gasteiger partial charge in [-0.2, -0.15) is 0 Å². The maximum atomic E-state index is 12.9. The van der Waals surface area contributed by atoms with Gasteiger partial charge in [-0.05, 0) is 25.5 Å². The summed E-state index contributed by atoms with van der Waals surface area (Å²) < 4.78 is 1.49. The van der Waals surface area contributed by atoms with E-state index in [1.54, 1.807) is 24.2 Å². The zero-order valence-electron chi connectivity index (χ0n) is 15.3. The molecule has 3 rings (SSSR count). The fourth-order valence-corrected chi connectivity index (χ4v) is 2.97. The van der Waals surface area contributed by atoms with Gasteiger partial charge in [0.05, 0.1) is 5.69 Å². The summed E-state index contributed by atoms with van der Waals surface area (Å²) in [6.07, 6.45) is 1.67. The predicted octanol–water partition coefficient (Wildman–Crippen LogP) is 3.98. The Morgan fingerprint density at radius 3 is 2.31 bits per heavy atom. The number of hydrogen-bond donors (Lipinski definition) is 1. The predicted molar refractivity (Wildman–Crippen MR) is 105 cm³/mol. The van der Waals surface area contributed by atoms with Crippen molar-refractivity contribution in [2.45, 2.75) is 26.4 Å². The number of amides is 2. The Morgan fingerprint density at radius 1 is 1.04 bits per heavy atom. The van der Waals surface area contributed by atoms with Crippen molar-refractivity contribution in [3.05, 3.63) is 76.7 Å². The van der Waals surface area contributed by atoms with Gasteiger partial charge in [0.25, 0.3) is 5.56 Å². The number of rotatable bonds is 4. The van der Waals surface area contributed by atoms with Crippen LogP contribution in [0, 0.1) is 0 Å². The molecule has 0 saturated carbocycles. The third-order valence-electron chi connectivity index (χ3n) is 4.41. The molecule has 0 spiro atoms. The Balaban J connectivity index is 1.92. The standard InChI is InChI=1S/C21H23N3O2/c1-15(2)24(13-16-9-5-4-6-10-16)21(26)22-19-14-23(3)20(25)18-12-8-7-11-17(18)19/h4-12,14-15H,13H2,1-3H3,(H,22,26). The van der Waals surface area contributed by atoms with Crippen molar-refractivity contribution >= 4 is 22.5 Å². The maximum absolute atomic E-state index is 12.9. The molecule has 0 aliphatic carbocycles. The van der Waals surface area contributed by atoms with E-state index in [1.807, 2.05) is 62.4 Å². The molecule has 0 radical (unpaired) electrons. The van der Waals surface area contributed by atoms with Crippen LogP contribution in [0.1, 0.15) is 19.4 Å². The summed E-state index contributed by atoms with van der Waals surface area (Å²) in [5.74, 6) is 0. The molecule has 2 amide bonds. The largest absolute Gasteiger partial charge is 0.322 e. The van der Waals surface area contributed by atoms with E-state index in [-0.39, 0.29) is 17.6 Å². The van der Waals surface area contributed by atoms with Crippen molar-refractivity contribution in [3.63, 3.8) is 0 Å². The average molecular weight is 349 g/mol. The highest BCUT2D eigenvalue weighted by Gasteiger charge is 2.19. The number of anilines is 1. The topological polar surface area (TPSA) is 54.3 Å². The van der Waals surface area contributed by atoms with E-state index in [2.05, 4.69) is 5.32 Å². The van der Waals surface area contributed by atoms with E-state index in [0.717, 1.165) is 10.9 Å². The Hall–Kier alpha value is -3.08. The van der Waals surface area contributed by atoms with E-state index in [1.165, 1.54) is 4.57 Å². The summed E-state index contributed by atoms with van der Waals surface area (Å²) in [6, 6.07) is 17.1. The third kappa shape index (κ3) is 3.61. The molecular weight excluding hydrogens is 326 g/mol. The zero-order valence-corrected chi connectivity index (χ0v) is 15.3. The summed E-state index contributed by atoms with van der Waals surface area (Å²) in [6.45, 7) is 4.50. The molecule has 3 aromatic rings. The minimum Gasteiger partial charge on any atom is -0.318 e. The van der Waals surface area contributed by atoms with Gasteiger partial charge < -0.3 is 14.8 Å². The molecule has 0 aliphatic rings. The number of carbonyl (C=O) groups is 1. The number of urea groups is 1. The number of nitrogens with one attached hydrogen (secondary N) is 1. The van der Waals surface area contributed by atoms with E-state index in [0.29, 0.717) is 17.6 Å². The number of pyridine rings is 1. The molecule has 2 aromatic carbocycles. The summed E-state index contributed by atoms with van der Waals surface area (Å²) >= 11 is 0. The Morgan fingerprint density at radius 2 is 1.65 bits per heavy atom. The van der Waals surface area contributed by atoms with Gasteiger partial charge in [0.1, 0.15) is 0 Å². The van der Waals surface area contributed by atoms with Crippen molar-refractivity contribution in [2.75, 3.05) is 5.32 Å². The van der Waals surface area contributed by atoms with Gasteiger partial charge in [-0.1, -0.05) is 48.5 Å². The van der Waals surface area contributed by atoms with Crippen molar-refractivity contribution in [1.29, 1.82) is 0 Å². The van der Waals surface area contributed by atoms with Gasteiger partial charge >= 0.3 is 6.03 Å². The number of benzene rings is 2. The summed E-state index contributed by atoms with van der Waals surface area (Å²) in [5.41, 5.74) is 1.62. The van der Waals surface area contributed by atoms with Crippen molar-refractivity contribution in [3.8, 4) is 0 Å². The van der Waals surface area contributed by atoms with Crippen LogP contribution in [0.2, 0.25) is 0 Å². The molecule has 1 aromatic heterocycles. The number of fused-ring (bicyclic) bond motifs is 1. The molecule has 0 aliphatic heterocycles. The number of aryl methyl sites for hydroxylation is 1. The van der Waals surface area contributed by atoms with E-state index in [9.17, 15) is 9.59 Å². The van der Waals surface area contributed by atoms with E-state index < -0.39 is 0 Å². The first-order valence-electron chi connectivity index (χ1n) is 8.67. The minimum absolute atomic E-state index is 0.0361. The van der Waals surface area contributed by atoms with Gasteiger partial charge in [0, 0.05) is 36.6 Å². The highest BCUT2D eigenvalue weighted by atomic mass is 16.2. The molecule has 5 nitrogen and oxygen atoms in total. The number of carbonyl (C=O) groups excluding carboxylic acids is 1. The molecular formula is C21H23N3O2. The second-order valence-electron chi connectivity index (χ2n) is 6.64.